The number of Topliss-reactive ketones (excluding diaryl/α,β-unsaturated/α-hetero) is 1. The van der Waals surface area contributed by atoms with Crippen LogP contribution in [0.4, 0.5) is 0 Å². The summed E-state index contributed by atoms with van der Waals surface area (Å²) in [6, 6.07) is 9.99. The van der Waals surface area contributed by atoms with E-state index in [-0.39, 0.29) is 48.0 Å². The third kappa shape index (κ3) is 8.24. The molecule has 12 nitrogen and oxygen atoms in total. The molecule has 0 fully saturated rings. The van der Waals surface area contributed by atoms with E-state index in [1.165, 1.54) is 27.4 Å². The molecule has 0 aliphatic carbocycles. The van der Waals surface area contributed by atoms with Crippen molar-refractivity contribution >= 4 is 23.7 Å². The first-order chi connectivity index (χ1) is 24.1. The molecule has 0 radical (unpaired) electrons. The number of phenolic OH excluding ortho intramolecular Hbond substituents is 2. The molecule has 0 aromatic heterocycles. The molecule has 1 amide bonds. The predicted molar refractivity (Wildman–Crippen MR) is 183 cm³/mol. The second kappa shape index (κ2) is 16.3. The Balaban J connectivity index is 1.57. The maximum atomic E-state index is 13.7. The Morgan fingerprint density at radius 3 is 2.40 bits per heavy atom. The summed E-state index contributed by atoms with van der Waals surface area (Å²) < 4.78 is 33.2. The van der Waals surface area contributed by atoms with Crippen molar-refractivity contribution in [3.63, 3.8) is 0 Å². The number of fused-ring (bicyclic) bond motifs is 2. The third-order valence-electron chi connectivity index (χ3n) is 8.81. The molecular weight excluding hydrogens is 646 g/mol. The summed E-state index contributed by atoms with van der Waals surface area (Å²) in [5, 5.41) is 26.4. The Kier molecular flexibility index (Phi) is 11.7. The van der Waals surface area contributed by atoms with E-state index in [0.29, 0.717) is 72.8 Å². The summed E-state index contributed by atoms with van der Waals surface area (Å²) in [4.78, 5) is 39.6. The van der Waals surface area contributed by atoms with Gasteiger partial charge in [0.15, 0.2) is 23.0 Å². The van der Waals surface area contributed by atoms with Gasteiger partial charge in [-0.15, -0.1) is 0 Å². The molecule has 2 aliphatic rings. The topological polar surface area (TPSA) is 159 Å². The average Bonchev–Trinajstić information content (AvgIpc) is 3.57. The first-order valence-corrected chi connectivity index (χ1v) is 16.6. The van der Waals surface area contributed by atoms with Crippen LogP contribution in [0.15, 0.2) is 42.5 Å². The number of phenols is 2. The Bertz CT molecular complexity index is 1740. The van der Waals surface area contributed by atoms with Gasteiger partial charge in [-0.1, -0.05) is 18.2 Å². The number of cyclic esters (lactones) is 1. The van der Waals surface area contributed by atoms with Crippen LogP contribution in [0, 0.1) is 0 Å². The lowest BCUT2D eigenvalue weighted by Crippen LogP contribution is -2.25. The van der Waals surface area contributed by atoms with Crippen LogP contribution in [0.2, 0.25) is 0 Å². The molecule has 3 N–H and O–H groups in total. The number of carbonyl (C=O) groups is 3. The van der Waals surface area contributed by atoms with Gasteiger partial charge in [-0.2, -0.15) is 0 Å². The summed E-state index contributed by atoms with van der Waals surface area (Å²) in [6.07, 6.45) is 5.66. The van der Waals surface area contributed by atoms with Crippen molar-refractivity contribution in [1.29, 1.82) is 0 Å². The summed E-state index contributed by atoms with van der Waals surface area (Å²) in [5.41, 5.74) is 1.25. The van der Waals surface area contributed by atoms with Crippen LogP contribution in [0.5, 0.6) is 40.2 Å². The zero-order valence-electron chi connectivity index (χ0n) is 28.7. The average molecular weight is 690 g/mol. The van der Waals surface area contributed by atoms with Crippen LogP contribution in [0.25, 0.3) is 6.08 Å². The molecule has 0 saturated heterocycles. The Hall–Kier alpha value is -5.39. The van der Waals surface area contributed by atoms with E-state index in [1.807, 2.05) is 6.07 Å². The number of allylic oxidation sites excluding steroid dienone is 1. The first-order valence-electron chi connectivity index (χ1n) is 16.6. The summed E-state index contributed by atoms with van der Waals surface area (Å²) in [7, 11) is 4.37. The predicted octanol–water partition coefficient (Wildman–Crippen LogP) is 6.17. The molecule has 0 spiro atoms. The van der Waals surface area contributed by atoms with Crippen molar-refractivity contribution in [2.24, 2.45) is 0 Å². The molecule has 266 valence electrons. The Morgan fingerprint density at radius 1 is 0.960 bits per heavy atom. The van der Waals surface area contributed by atoms with E-state index >= 15 is 0 Å². The number of hydrogen-bond donors (Lipinski definition) is 3. The number of aromatic hydroxyl groups is 2. The number of ketones is 1. The fraction of sp³-hybridized carbons (Fsp3) is 0.395. The van der Waals surface area contributed by atoms with Gasteiger partial charge in [0.2, 0.25) is 18.4 Å². The normalized spacial score (nSPS) is 16.8. The minimum absolute atomic E-state index is 0.0547. The summed E-state index contributed by atoms with van der Waals surface area (Å²) in [6.45, 7) is 2.02. The minimum atomic E-state index is -1.00. The van der Waals surface area contributed by atoms with E-state index in [4.69, 9.17) is 28.4 Å². The highest BCUT2D eigenvalue weighted by Crippen LogP contribution is 2.48. The van der Waals surface area contributed by atoms with Crippen LogP contribution in [-0.4, -0.2) is 62.1 Å². The van der Waals surface area contributed by atoms with Crippen molar-refractivity contribution < 1.29 is 53.0 Å². The highest BCUT2D eigenvalue weighted by Gasteiger charge is 2.32. The zero-order chi connectivity index (χ0) is 35.8. The van der Waals surface area contributed by atoms with Gasteiger partial charge < -0.3 is 44.0 Å². The summed E-state index contributed by atoms with van der Waals surface area (Å²) in [5.74, 6) is -0.820. The molecule has 12 heteroatoms. The number of benzene rings is 3. The molecule has 0 saturated carbocycles. The Labute approximate surface area is 290 Å². The van der Waals surface area contributed by atoms with Crippen LogP contribution in [-0.2, 0) is 20.9 Å². The van der Waals surface area contributed by atoms with E-state index in [0.717, 1.165) is 5.56 Å². The highest BCUT2D eigenvalue weighted by atomic mass is 16.7. The molecule has 50 heavy (non-hydrogen) atoms. The number of hydrogen-bond acceptors (Lipinski definition) is 11. The van der Waals surface area contributed by atoms with Gasteiger partial charge in [-0.25, -0.2) is 4.79 Å². The Morgan fingerprint density at radius 2 is 1.68 bits per heavy atom. The monoisotopic (exact) mass is 689 g/mol. The number of esters is 1. The van der Waals surface area contributed by atoms with Gasteiger partial charge in [0.1, 0.15) is 22.8 Å². The SMILES string of the molecule is COc1cc(C(CC(=O)NCc2ccc3c(c2)OCO3)c2c(O)cc3c(c2O)C(=O)O[C@@H](C)CCCC(=O)CCCC=C3)cc(OC)c1OC. The van der Waals surface area contributed by atoms with Gasteiger partial charge in [0.25, 0.3) is 0 Å². The number of rotatable bonds is 9. The molecule has 1 unspecified atom stereocenters. The van der Waals surface area contributed by atoms with Gasteiger partial charge in [0.05, 0.1) is 27.4 Å². The zero-order valence-corrected chi connectivity index (χ0v) is 28.7. The molecule has 2 heterocycles. The van der Waals surface area contributed by atoms with Crippen molar-refractivity contribution in [2.45, 2.75) is 70.4 Å². The molecule has 2 aliphatic heterocycles. The van der Waals surface area contributed by atoms with E-state index in [2.05, 4.69) is 5.32 Å². The van der Waals surface area contributed by atoms with Crippen molar-refractivity contribution in [2.75, 3.05) is 28.1 Å². The van der Waals surface area contributed by atoms with Crippen molar-refractivity contribution in [3.05, 3.63) is 70.3 Å². The third-order valence-corrected chi connectivity index (χ3v) is 8.81. The lowest BCUT2D eigenvalue weighted by atomic mass is 9.84. The minimum Gasteiger partial charge on any atom is -0.507 e. The molecular formula is C38H43NO11. The summed E-state index contributed by atoms with van der Waals surface area (Å²) >= 11 is 0. The van der Waals surface area contributed by atoms with Crippen LogP contribution < -0.4 is 29.0 Å². The lowest BCUT2D eigenvalue weighted by molar-refractivity contribution is -0.121. The number of carbonyl (C=O) groups excluding carboxylic acids is 3. The number of amides is 1. The van der Waals surface area contributed by atoms with Crippen molar-refractivity contribution in [3.8, 4) is 40.2 Å². The number of methoxy groups -OCH3 is 3. The fourth-order valence-corrected chi connectivity index (χ4v) is 6.22. The van der Waals surface area contributed by atoms with Gasteiger partial charge >= 0.3 is 5.97 Å². The van der Waals surface area contributed by atoms with Gasteiger partial charge in [0, 0.05) is 37.3 Å². The van der Waals surface area contributed by atoms with Crippen LogP contribution >= 0.6 is 0 Å². The number of ether oxygens (including phenoxy) is 6. The highest BCUT2D eigenvalue weighted by molar-refractivity contribution is 5.98. The van der Waals surface area contributed by atoms with E-state index in [9.17, 15) is 24.6 Å². The van der Waals surface area contributed by atoms with E-state index in [1.54, 1.807) is 43.3 Å². The molecule has 0 bridgehead atoms. The lowest BCUT2D eigenvalue weighted by Gasteiger charge is -2.24. The second-order valence-electron chi connectivity index (χ2n) is 12.2. The van der Waals surface area contributed by atoms with Crippen LogP contribution in [0.1, 0.15) is 90.4 Å². The van der Waals surface area contributed by atoms with Crippen LogP contribution in [0.3, 0.4) is 0 Å². The maximum Gasteiger partial charge on any atom is 0.342 e. The maximum absolute atomic E-state index is 13.7. The molecule has 3 aromatic carbocycles. The quantitative estimate of drug-likeness (QED) is 0.221. The second-order valence-corrected chi connectivity index (χ2v) is 12.2. The standard InChI is InChI=1S/C38H43NO11/c1-22-9-8-12-26(40)11-7-5-6-10-24-16-28(41)35(36(43)34(24)38(44)50-22)27(25-17-31(45-2)37(47-4)32(18-25)46-3)19-33(42)39-20-23-13-14-29-30(15-23)49-21-48-29/h6,10,13-18,22,27,41,43H,5,7-9,11-12,19-21H2,1-4H3,(H,39,42)/t22-,27?/m0/s1. The van der Waals surface area contributed by atoms with Gasteiger partial charge in [-0.05, 0) is 79.6 Å². The van der Waals surface area contributed by atoms with E-state index < -0.39 is 29.6 Å². The molecule has 2 atom stereocenters. The van der Waals surface area contributed by atoms with Gasteiger partial charge in [-0.3, -0.25) is 9.59 Å². The largest absolute Gasteiger partial charge is 0.507 e. The fourth-order valence-electron chi connectivity index (χ4n) is 6.22. The molecule has 5 rings (SSSR count). The van der Waals surface area contributed by atoms with Crippen molar-refractivity contribution in [1.82, 2.24) is 5.32 Å². The number of nitrogens with one attached hydrogen (secondary N) is 1. The molecule has 3 aromatic rings. The smallest absolute Gasteiger partial charge is 0.342 e. The first kappa shape index (κ1) is 35.9.